The lowest BCUT2D eigenvalue weighted by Gasteiger charge is -2.35. The number of amides is 1. The van der Waals surface area contributed by atoms with E-state index < -0.39 is 0 Å². The highest BCUT2D eigenvalue weighted by Gasteiger charge is 2.25. The van der Waals surface area contributed by atoms with Crippen LogP contribution in [0.4, 0.5) is 5.82 Å². The highest BCUT2D eigenvalue weighted by molar-refractivity contribution is 5.93. The van der Waals surface area contributed by atoms with E-state index in [0.717, 1.165) is 11.3 Å². The third-order valence-corrected chi connectivity index (χ3v) is 4.93. The van der Waals surface area contributed by atoms with Gasteiger partial charge in [0.05, 0.1) is 11.3 Å². The van der Waals surface area contributed by atoms with Crippen molar-refractivity contribution in [2.24, 2.45) is 0 Å². The summed E-state index contributed by atoms with van der Waals surface area (Å²) in [5.74, 6) is 0.618. The first-order valence-corrected chi connectivity index (χ1v) is 9.17. The number of nitrogens with one attached hydrogen (secondary N) is 1. The SMILES string of the molecule is Cc1ccc(-c2cc(C(=O)N3CCN(c4ncccc4C#N)CC3)[nH]n2)cc1. The molecule has 0 bridgehead atoms. The molecule has 1 aliphatic rings. The van der Waals surface area contributed by atoms with Crippen LogP contribution < -0.4 is 4.90 Å². The number of piperazine rings is 1. The van der Waals surface area contributed by atoms with Gasteiger partial charge >= 0.3 is 0 Å². The molecule has 7 nitrogen and oxygen atoms in total. The standard InChI is InChI=1S/C21H20N6O/c1-15-4-6-16(7-5-15)18-13-19(25-24-18)21(28)27-11-9-26(10-12-27)20-17(14-22)3-2-8-23-20/h2-8,13H,9-12H2,1H3,(H,24,25). The Hall–Kier alpha value is -3.66. The van der Waals surface area contributed by atoms with Gasteiger partial charge in [-0.2, -0.15) is 10.4 Å². The molecule has 3 heterocycles. The quantitative estimate of drug-likeness (QED) is 0.763. The monoisotopic (exact) mass is 372 g/mol. The molecular formula is C21H20N6O. The van der Waals surface area contributed by atoms with Crippen molar-refractivity contribution in [1.82, 2.24) is 20.1 Å². The van der Waals surface area contributed by atoms with Crippen LogP contribution in [0.25, 0.3) is 11.3 Å². The number of nitrogens with zero attached hydrogens (tertiary/aromatic N) is 5. The van der Waals surface area contributed by atoms with Crippen molar-refractivity contribution in [1.29, 1.82) is 5.26 Å². The molecule has 1 amide bonds. The van der Waals surface area contributed by atoms with Crippen LogP contribution in [-0.4, -0.2) is 52.2 Å². The lowest BCUT2D eigenvalue weighted by atomic mass is 10.1. The third-order valence-electron chi connectivity index (χ3n) is 4.93. The molecule has 0 saturated carbocycles. The average Bonchev–Trinajstić information content (AvgIpc) is 3.24. The van der Waals surface area contributed by atoms with Crippen molar-refractivity contribution in [3.8, 4) is 17.3 Å². The molecule has 1 aliphatic heterocycles. The molecule has 1 aromatic carbocycles. The van der Waals surface area contributed by atoms with Crippen molar-refractivity contribution < 1.29 is 4.79 Å². The minimum Gasteiger partial charge on any atom is -0.352 e. The molecule has 7 heteroatoms. The van der Waals surface area contributed by atoms with Crippen LogP contribution in [0.5, 0.6) is 0 Å². The molecule has 0 unspecified atom stereocenters. The number of aryl methyl sites for hydroxylation is 1. The summed E-state index contributed by atoms with van der Waals surface area (Å²) in [6.07, 6.45) is 1.69. The van der Waals surface area contributed by atoms with E-state index in [2.05, 4.69) is 21.3 Å². The Bertz CT molecular complexity index is 1030. The van der Waals surface area contributed by atoms with Crippen LogP contribution in [0.3, 0.4) is 0 Å². The van der Waals surface area contributed by atoms with E-state index in [-0.39, 0.29) is 5.91 Å². The number of nitriles is 1. The van der Waals surface area contributed by atoms with Crippen LogP contribution in [0.2, 0.25) is 0 Å². The van der Waals surface area contributed by atoms with Gasteiger partial charge in [0.15, 0.2) is 0 Å². The Morgan fingerprint density at radius 1 is 1.14 bits per heavy atom. The number of carbonyl (C=O) groups is 1. The van der Waals surface area contributed by atoms with Crippen molar-refractivity contribution in [2.75, 3.05) is 31.1 Å². The Morgan fingerprint density at radius 2 is 1.89 bits per heavy atom. The van der Waals surface area contributed by atoms with Gasteiger partial charge in [0.1, 0.15) is 17.6 Å². The summed E-state index contributed by atoms with van der Waals surface area (Å²) in [4.78, 5) is 21.0. The predicted molar refractivity (Wildman–Crippen MR) is 106 cm³/mol. The van der Waals surface area contributed by atoms with Gasteiger partial charge in [0.25, 0.3) is 5.91 Å². The molecule has 3 aromatic rings. The minimum absolute atomic E-state index is 0.0629. The van der Waals surface area contributed by atoms with Crippen molar-refractivity contribution in [2.45, 2.75) is 6.92 Å². The molecule has 0 aliphatic carbocycles. The number of aromatic amines is 1. The fourth-order valence-corrected chi connectivity index (χ4v) is 3.33. The molecule has 4 rings (SSSR count). The van der Waals surface area contributed by atoms with Gasteiger partial charge in [0, 0.05) is 37.9 Å². The number of hydrogen-bond donors (Lipinski definition) is 1. The van der Waals surface area contributed by atoms with Crippen LogP contribution in [-0.2, 0) is 0 Å². The lowest BCUT2D eigenvalue weighted by Crippen LogP contribution is -2.49. The lowest BCUT2D eigenvalue weighted by molar-refractivity contribution is 0.0740. The highest BCUT2D eigenvalue weighted by atomic mass is 16.2. The molecule has 0 radical (unpaired) electrons. The number of hydrogen-bond acceptors (Lipinski definition) is 5. The van der Waals surface area contributed by atoms with Gasteiger partial charge in [-0.3, -0.25) is 9.89 Å². The maximum atomic E-state index is 12.8. The molecule has 28 heavy (non-hydrogen) atoms. The first kappa shape index (κ1) is 17.7. The summed E-state index contributed by atoms with van der Waals surface area (Å²) in [5, 5.41) is 16.4. The molecular weight excluding hydrogens is 352 g/mol. The van der Waals surface area contributed by atoms with Crippen LogP contribution in [0.1, 0.15) is 21.6 Å². The van der Waals surface area contributed by atoms with E-state index in [1.807, 2.05) is 36.1 Å². The molecule has 140 valence electrons. The normalized spacial score (nSPS) is 14.0. The zero-order valence-corrected chi connectivity index (χ0v) is 15.6. The summed E-state index contributed by atoms with van der Waals surface area (Å²) in [6, 6.07) is 15.5. The van der Waals surface area contributed by atoms with Crippen LogP contribution in [0.15, 0.2) is 48.7 Å². The fourth-order valence-electron chi connectivity index (χ4n) is 3.33. The predicted octanol–water partition coefficient (Wildman–Crippen LogP) is 2.61. The van der Waals surface area contributed by atoms with E-state index in [0.29, 0.717) is 43.3 Å². The van der Waals surface area contributed by atoms with Crippen molar-refractivity contribution >= 4 is 11.7 Å². The van der Waals surface area contributed by atoms with E-state index >= 15 is 0 Å². The highest BCUT2D eigenvalue weighted by Crippen LogP contribution is 2.21. The van der Waals surface area contributed by atoms with Gasteiger partial charge in [-0.25, -0.2) is 4.98 Å². The molecule has 1 N–H and O–H groups in total. The minimum atomic E-state index is -0.0629. The van der Waals surface area contributed by atoms with E-state index in [4.69, 9.17) is 0 Å². The summed E-state index contributed by atoms with van der Waals surface area (Å²) >= 11 is 0. The Balaban J connectivity index is 1.43. The van der Waals surface area contributed by atoms with E-state index in [1.54, 1.807) is 29.3 Å². The molecule has 0 spiro atoms. The number of carbonyl (C=O) groups excluding carboxylic acids is 1. The summed E-state index contributed by atoms with van der Waals surface area (Å²) < 4.78 is 0. The number of benzene rings is 1. The second-order valence-corrected chi connectivity index (χ2v) is 6.80. The number of pyridine rings is 1. The smallest absolute Gasteiger partial charge is 0.272 e. The summed E-state index contributed by atoms with van der Waals surface area (Å²) in [7, 11) is 0. The zero-order valence-electron chi connectivity index (χ0n) is 15.6. The third kappa shape index (κ3) is 3.45. The van der Waals surface area contributed by atoms with Gasteiger partial charge in [-0.1, -0.05) is 29.8 Å². The zero-order chi connectivity index (χ0) is 19.5. The largest absolute Gasteiger partial charge is 0.352 e. The van der Waals surface area contributed by atoms with Crippen molar-refractivity contribution in [3.05, 3.63) is 65.5 Å². The molecule has 1 saturated heterocycles. The topological polar surface area (TPSA) is 88.9 Å². The van der Waals surface area contributed by atoms with Gasteiger partial charge in [0.2, 0.25) is 0 Å². The summed E-state index contributed by atoms with van der Waals surface area (Å²) in [6.45, 7) is 4.44. The molecule has 0 atom stereocenters. The molecule has 2 aromatic heterocycles. The first-order chi connectivity index (χ1) is 13.7. The fraction of sp³-hybridized carbons (Fsp3) is 0.238. The maximum absolute atomic E-state index is 12.8. The number of H-pyrrole nitrogens is 1. The maximum Gasteiger partial charge on any atom is 0.272 e. The second kappa shape index (κ2) is 7.53. The first-order valence-electron chi connectivity index (χ1n) is 9.17. The second-order valence-electron chi connectivity index (χ2n) is 6.80. The Kier molecular flexibility index (Phi) is 4.77. The molecule has 1 fully saturated rings. The van der Waals surface area contributed by atoms with Crippen LogP contribution in [0, 0.1) is 18.3 Å². The van der Waals surface area contributed by atoms with Crippen LogP contribution >= 0.6 is 0 Å². The van der Waals surface area contributed by atoms with Gasteiger partial charge in [-0.05, 0) is 25.1 Å². The van der Waals surface area contributed by atoms with Gasteiger partial charge in [-0.15, -0.1) is 0 Å². The van der Waals surface area contributed by atoms with E-state index in [1.165, 1.54) is 5.56 Å². The summed E-state index contributed by atoms with van der Waals surface area (Å²) in [5.41, 5.74) is 3.96. The number of anilines is 1. The number of aromatic nitrogens is 3. The number of rotatable bonds is 3. The van der Waals surface area contributed by atoms with Gasteiger partial charge < -0.3 is 9.80 Å². The van der Waals surface area contributed by atoms with E-state index in [9.17, 15) is 10.1 Å². The van der Waals surface area contributed by atoms with Crippen molar-refractivity contribution in [3.63, 3.8) is 0 Å². The Labute approximate surface area is 163 Å². The Morgan fingerprint density at radius 3 is 2.61 bits per heavy atom. The average molecular weight is 372 g/mol.